The van der Waals surface area contributed by atoms with Crippen molar-refractivity contribution in [2.45, 2.75) is 39.8 Å². The van der Waals surface area contributed by atoms with Gasteiger partial charge in [0.2, 0.25) is 0 Å². The molecule has 0 unspecified atom stereocenters. The molecule has 1 aliphatic heterocycles. The van der Waals surface area contributed by atoms with E-state index in [4.69, 9.17) is 14.5 Å². The standard InChI is InChI=1S/C29H28BrN3O4S/c1-15(2)37-28(35)25-16(3)31-29-33(26(25)21-13-18(30)11-12-23(21)36-6)27(34)24(38-29)14-20-17(4)32(5)22-10-8-7-9-19(20)22/h7-15,26H,1-6H3/b24-14-/t26-/m0/s1. The maximum atomic E-state index is 14.1. The number of para-hydroxylation sites is 1. The summed E-state index contributed by atoms with van der Waals surface area (Å²) in [4.78, 5) is 32.7. The molecule has 38 heavy (non-hydrogen) atoms. The van der Waals surface area contributed by atoms with Crippen LogP contribution >= 0.6 is 27.3 Å². The molecule has 0 N–H and O–H groups in total. The average molecular weight is 595 g/mol. The number of benzene rings is 2. The van der Waals surface area contributed by atoms with Crippen LogP contribution in [0.5, 0.6) is 5.75 Å². The third kappa shape index (κ3) is 4.33. The van der Waals surface area contributed by atoms with Gasteiger partial charge in [-0.2, -0.15) is 0 Å². The predicted molar refractivity (Wildman–Crippen MR) is 153 cm³/mol. The Labute approximate surface area is 232 Å². The van der Waals surface area contributed by atoms with Gasteiger partial charge >= 0.3 is 5.97 Å². The fourth-order valence-electron chi connectivity index (χ4n) is 4.94. The highest BCUT2D eigenvalue weighted by molar-refractivity contribution is 9.10. The summed E-state index contributed by atoms with van der Waals surface area (Å²) in [6.07, 6.45) is 1.61. The molecular weight excluding hydrogens is 566 g/mol. The first-order chi connectivity index (χ1) is 18.1. The molecule has 0 fully saturated rings. The van der Waals surface area contributed by atoms with Crippen LogP contribution in [0.4, 0.5) is 0 Å². The van der Waals surface area contributed by atoms with Crippen LogP contribution in [0.2, 0.25) is 0 Å². The lowest BCUT2D eigenvalue weighted by Gasteiger charge is -2.26. The number of aryl methyl sites for hydroxylation is 1. The zero-order valence-corrected chi connectivity index (χ0v) is 24.4. The molecule has 1 atom stereocenters. The number of fused-ring (bicyclic) bond motifs is 2. The number of halogens is 1. The number of hydrogen-bond donors (Lipinski definition) is 0. The monoisotopic (exact) mass is 593 g/mol. The lowest BCUT2D eigenvalue weighted by atomic mass is 9.95. The van der Waals surface area contributed by atoms with E-state index in [9.17, 15) is 9.59 Å². The summed E-state index contributed by atoms with van der Waals surface area (Å²) >= 11 is 4.85. The minimum Gasteiger partial charge on any atom is -0.496 e. The second kappa shape index (κ2) is 10.0. The van der Waals surface area contributed by atoms with Crippen molar-refractivity contribution in [1.29, 1.82) is 0 Å². The van der Waals surface area contributed by atoms with Gasteiger partial charge in [-0.05, 0) is 58.0 Å². The maximum absolute atomic E-state index is 14.1. The van der Waals surface area contributed by atoms with E-state index in [1.807, 2.05) is 50.4 Å². The number of esters is 1. The van der Waals surface area contributed by atoms with Crippen LogP contribution in [0.15, 0.2) is 68.0 Å². The number of hydrogen-bond acceptors (Lipinski definition) is 6. The Kier molecular flexibility index (Phi) is 6.92. The Balaban J connectivity index is 1.81. The largest absolute Gasteiger partial charge is 0.496 e. The van der Waals surface area contributed by atoms with E-state index < -0.39 is 12.0 Å². The first-order valence-corrected chi connectivity index (χ1v) is 13.8. The molecule has 5 rings (SSSR count). The van der Waals surface area contributed by atoms with Crippen molar-refractivity contribution in [3.8, 4) is 5.75 Å². The fourth-order valence-corrected chi connectivity index (χ4v) is 6.34. The molecule has 0 amide bonds. The van der Waals surface area contributed by atoms with Crippen LogP contribution < -0.4 is 19.6 Å². The van der Waals surface area contributed by atoms with E-state index in [1.54, 1.807) is 32.4 Å². The Bertz CT molecular complexity index is 1810. The van der Waals surface area contributed by atoms with Gasteiger partial charge in [0, 0.05) is 39.2 Å². The lowest BCUT2D eigenvalue weighted by Crippen LogP contribution is -2.40. The molecule has 2 aromatic carbocycles. The number of aromatic nitrogens is 2. The van der Waals surface area contributed by atoms with E-state index in [2.05, 4.69) is 32.6 Å². The molecule has 1 aliphatic rings. The number of nitrogens with zero attached hydrogens (tertiary/aromatic N) is 3. The van der Waals surface area contributed by atoms with E-state index in [1.165, 1.54) is 11.3 Å². The molecule has 0 saturated heterocycles. The van der Waals surface area contributed by atoms with E-state index in [0.717, 1.165) is 26.6 Å². The molecular formula is C29H28BrN3O4S. The molecule has 0 saturated carbocycles. The first kappa shape index (κ1) is 26.2. The van der Waals surface area contributed by atoms with Gasteiger partial charge in [-0.1, -0.05) is 45.5 Å². The van der Waals surface area contributed by atoms with E-state index in [0.29, 0.717) is 31.9 Å². The summed E-state index contributed by atoms with van der Waals surface area (Å²) in [6, 6.07) is 12.9. The molecule has 0 aliphatic carbocycles. The van der Waals surface area contributed by atoms with Crippen molar-refractivity contribution in [2.75, 3.05) is 7.11 Å². The van der Waals surface area contributed by atoms with Gasteiger partial charge < -0.3 is 14.0 Å². The molecule has 4 aromatic rings. The highest BCUT2D eigenvalue weighted by Crippen LogP contribution is 2.37. The van der Waals surface area contributed by atoms with Gasteiger partial charge in [0.1, 0.15) is 11.8 Å². The van der Waals surface area contributed by atoms with Gasteiger partial charge in [0.15, 0.2) is 4.80 Å². The Morgan fingerprint density at radius 1 is 1.18 bits per heavy atom. The summed E-state index contributed by atoms with van der Waals surface area (Å²) in [5.74, 6) is 0.0506. The Hall–Kier alpha value is -3.43. The second-order valence-corrected chi connectivity index (χ2v) is 11.4. The maximum Gasteiger partial charge on any atom is 0.338 e. The molecule has 3 heterocycles. The third-order valence-corrected chi connectivity index (χ3v) is 8.27. The highest BCUT2D eigenvalue weighted by atomic mass is 79.9. The smallest absolute Gasteiger partial charge is 0.338 e. The molecule has 0 bridgehead atoms. The summed E-state index contributed by atoms with van der Waals surface area (Å²) < 4.78 is 16.3. The van der Waals surface area contributed by atoms with Gasteiger partial charge in [0.25, 0.3) is 5.56 Å². The average Bonchev–Trinajstić information content (AvgIpc) is 3.31. The van der Waals surface area contributed by atoms with Gasteiger partial charge in [-0.15, -0.1) is 0 Å². The van der Waals surface area contributed by atoms with Crippen LogP contribution in [0.25, 0.3) is 17.0 Å². The van der Waals surface area contributed by atoms with Crippen LogP contribution in [-0.2, 0) is 16.6 Å². The number of allylic oxidation sites excluding steroid dienone is 1. The molecule has 0 spiro atoms. The fraction of sp³-hybridized carbons (Fsp3) is 0.276. The van der Waals surface area contributed by atoms with Crippen LogP contribution in [0.3, 0.4) is 0 Å². The van der Waals surface area contributed by atoms with E-state index in [-0.39, 0.29) is 11.7 Å². The molecule has 2 aromatic heterocycles. The molecule has 196 valence electrons. The minimum atomic E-state index is -0.763. The SMILES string of the molecule is COc1ccc(Br)cc1[C@H]1C(C(=O)OC(C)C)=C(C)N=c2s/c(=C\c3c(C)n(C)c4ccccc34)c(=O)n21. The molecule has 9 heteroatoms. The number of carbonyl (C=O) groups excluding carboxylic acids is 1. The molecule has 0 radical (unpaired) electrons. The first-order valence-electron chi connectivity index (χ1n) is 12.2. The van der Waals surface area contributed by atoms with Crippen LogP contribution in [0.1, 0.15) is 43.6 Å². The number of methoxy groups -OCH3 is 1. The zero-order chi connectivity index (χ0) is 27.3. The van der Waals surface area contributed by atoms with Crippen molar-refractivity contribution in [1.82, 2.24) is 9.13 Å². The summed E-state index contributed by atoms with van der Waals surface area (Å²) in [7, 11) is 3.59. The predicted octanol–water partition coefficient (Wildman–Crippen LogP) is 4.76. The Morgan fingerprint density at radius 3 is 2.63 bits per heavy atom. The van der Waals surface area contributed by atoms with Crippen molar-refractivity contribution >= 4 is 50.2 Å². The lowest BCUT2D eigenvalue weighted by molar-refractivity contribution is -0.143. The quantitative estimate of drug-likeness (QED) is 0.313. The second-order valence-electron chi connectivity index (χ2n) is 9.50. The third-order valence-electron chi connectivity index (χ3n) is 6.79. The van der Waals surface area contributed by atoms with Gasteiger partial charge in [0.05, 0.1) is 29.0 Å². The summed E-state index contributed by atoms with van der Waals surface area (Å²) in [6.45, 7) is 7.41. The van der Waals surface area contributed by atoms with Crippen LogP contribution in [-0.4, -0.2) is 28.3 Å². The summed E-state index contributed by atoms with van der Waals surface area (Å²) in [5, 5.41) is 1.07. The van der Waals surface area contributed by atoms with Crippen molar-refractivity contribution in [3.63, 3.8) is 0 Å². The molecule has 7 nitrogen and oxygen atoms in total. The van der Waals surface area contributed by atoms with Crippen LogP contribution in [0, 0.1) is 6.92 Å². The van der Waals surface area contributed by atoms with E-state index >= 15 is 0 Å². The van der Waals surface area contributed by atoms with Gasteiger partial charge in [-0.25, -0.2) is 9.79 Å². The number of ether oxygens (including phenoxy) is 2. The summed E-state index contributed by atoms with van der Waals surface area (Å²) in [5.41, 5.74) is 4.40. The van der Waals surface area contributed by atoms with Crippen molar-refractivity contribution in [2.24, 2.45) is 12.0 Å². The number of thiazole rings is 1. The minimum absolute atomic E-state index is 0.226. The number of rotatable bonds is 5. The number of carbonyl (C=O) groups is 1. The van der Waals surface area contributed by atoms with Crippen molar-refractivity contribution < 1.29 is 14.3 Å². The topological polar surface area (TPSA) is 74.8 Å². The zero-order valence-electron chi connectivity index (χ0n) is 22.0. The van der Waals surface area contributed by atoms with Crippen molar-refractivity contribution in [3.05, 3.63) is 94.7 Å². The van der Waals surface area contributed by atoms with Gasteiger partial charge in [-0.3, -0.25) is 9.36 Å². The highest BCUT2D eigenvalue weighted by Gasteiger charge is 2.35. The Morgan fingerprint density at radius 2 is 1.92 bits per heavy atom. The normalized spacial score (nSPS) is 15.7.